The number of allylic oxidation sites excluding steroid dienone is 40. The number of aliphatic hydroxyl groups excluding tert-OH is 1. The number of rotatable bonds is 76. The molecule has 0 aromatic rings. The number of hydrogen-bond acceptors (Lipinski definition) is 15. The summed E-state index contributed by atoms with van der Waals surface area (Å²) in [7, 11) is -10.1. The van der Waals surface area contributed by atoms with Crippen LogP contribution < -0.4 is 0 Å². The van der Waals surface area contributed by atoms with Crippen LogP contribution >= 0.6 is 15.6 Å². The van der Waals surface area contributed by atoms with Gasteiger partial charge in [0.2, 0.25) is 0 Å². The average molecular weight is 1620 g/mol. The second kappa shape index (κ2) is 83.8. The minimum Gasteiger partial charge on any atom is -0.462 e. The Bertz CT molecular complexity index is 3120. The highest BCUT2D eigenvalue weighted by molar-refractivity contribution is 7.47. The van der Waals surface area contributed by atoms with Crippen molar-refractivity contribution < 1.29 is 80.2 Å². The monoisotopic (exact) mass is 1620 g/mol. The van der Waals surface area contributed by atoms with Crippen molar-refractivity contribution in [2.24, 2.45) is 0 Å². The predicted octanol–water partition coefficient (Wildman–Crippen LogP) is 25.6. The number of esters is 4. The van der Waals surface area contributed by atoms with Crippen LogP contribution in [0.15, 0.2) is 243 Å². The summed E-state index contributed by atoms with van der Waals surface area (Å²) in [5.74, 6) is -2.45. The predicted molar refractivity (Wildman–Crippen MR) is 472 cm³/mol. The van der Waals surface area contributed by atoms with Gasteiger partial charge in [0.1, 0.15) is 19.3 Å². The van der Waals surface area contributed by atoms with Crippen LogP contribution in [0.5, 0.6) is 0 Å². The zero-order valence-corrected chi connectivity index (χ0v) is 71.7. The molecule has 5 atom stereocenters. The van der Waals surface area contributed by atoms with Gasteiger partial charge in [0, 0.05) is 25.7 Å². The van der Waals surface area contributed by atoms with Crippen LogP contribution in [0, 0.1) is 0 Å². The lowest BCUT2D eigenvalue weighted by atomic mass is 10.1. The standard InChI is InChI=1S/C95H146O17P2/c1-5-9-13-17-21-25-29-33-37-41-44-48-52-56-60-64-68-72-76-80-93(98)106-86-91(112-95(100)82-78-74-70-66-62-58-54-50-46-43-39-35-31-27-23-19-15-11-7-3)88-110-114(103,104)108-84-89(96)83-107-113(101,102)109-87-90(85-105-92(97)79-75-71-67-63-59-55-51-47-40-36-32-28-24-20-16-12-8-4)111-94(99)81-77-73-69-65-61-57-53-49-45-42-38-34-30-26-22-18-14-10-6-2/h9-11,13-15,21-28,33-40,44-46,48-51,55-58,60-63,67,69,73,89-91,96H,5-8,12,16-20,29-32,41-43,47,52-54,59,64-66,68,70-72,74-88H2,1-4H3,(H,101,102)(H,103,104)/b13-9-,14-10-,15-11-,25-21-,26-22-,27-23-,28-24-,37-33-,38-34-,39-35-,40-36-,48-44-,49-45-,50-46-,55-51-,60-56-,61-57-,62-58-,67-63-,73-69-/t89-,90+,91+/m0/s1. The van der Waals surface area contributed by atoms with E-state index in [2.05, 4.69) is 240 Å². The molecule has 0 aliphatic heterocycles. The van der Waals surface area contributed by atoms with E-state index in [1.807, 2.05) is 30.4 Å². The molecule has 0 rings (SSSR count). The van der Waals surface area contributed by atoms with Crippen LogP contribution in [0.4, 0.5) is 0 Å². The Labute approximate surface area is 688 Å². The Kier molecular flexibility index (Phi) is 78.5. The van der Waals surface area contributed by atoms with Crippen molar-refractivity contribution in [1.29, 1.82) is 0 Å². The molecule has 0 spiro atoms. The molecule has 2 unspecified atom stereocenters. The van der Waals surface area contributed by atoms with Crippen molar-refractivity contribution in [3.05, 3.63) is 243 Å². The molecule has 3 N–H and O–H groups in total. The first kappa shape index (κ1) is 107. The van der Waals surface area contributed by atoms with Gasteiger partial charge in [-0.3, -0.25) is 37.3 Å². The van der Waals surface area contributed by atoms with Crippen molar-refractivity contribution in [2.45, 2.75) is 290 Å². The maximum absolute atomic E-state index is 13.2. The summed E-state index contributed by atoms with van der Waals surface area (Å²) in [5, 5.41) is 10.7. The van der Waals surface area contributed by atoms with Gasteiger partial charge in [-0.15, -0.1) is 0 Å². The van der Waals surface area contributed by atoms with Gasteiger partial charge in [-0.25, -0.2) is 9.13 Å². The second-order valence-electron chi connectivity index (χ2n) is 26.9. The summed E-state index contributed by atoms with van der Waals surface area (Å²) < 4.78 is 68.6. The summed E-state index contributed by atoms with van der Waals surface area (Å²) in [6.07, 6.45) is 110. The first-order valence-electron chi connectivity index (χ1n) is 42.3. The fraction of sp³-hybridized carbons (Fsp3) is 0.537. The van der Waals surface area contributed by atoms with Gasteiger partial charge in [0.25, 0.3) is 0 Å². The lowest BCUT2D eigenvalue weighted by molar-refractivity contribution is -0.161. The maximum atomic E-state index is 13.2. The van der Waals surface area contributed by atoms with E-state index in [-0.39, 0.29) is 25.7 Å². The molecule has 0 aliphatic rings. The van der Waals surface area contributed by atoms with Crippen LogP contribution in [0.1, 0.15) is 272 Å². The van der Waals surface area contributed by atoms with Crippen LogP contribution in [0.2, 0.25) is 0 Å². The molecule has 638 valence electrons. The molecule has 0 aromatic carbocycles. The third-order valence-electron chi connectivity index (χ3n) is 16.3. The number of unbranched alkanes of at least 4 members (excludes halogenated alkanes) is 10. The summed E-state index contributed by atoms with van der Waals surface area (Å²) in [6, 6.07) is 0. The van der Waals surface area contributed by atoms with Crippen LogP contribution in [-0.4, -0.2) is 96.7 Å². The fourth-order valence-electron chi connectivity index (χ4n) is 10.00. The van der Waals surface area contributed by atoms with Crippen molar-refractivity contribution >= 4 is 39.5 Å². The van der Waals surface area contributed by atoms with Gasteiger partial charge >= 0.3 is 39.5 Å². The molecule has 17 nitrogen and oxygen atoms in total. The SMILES string of the molecule is CC/C=C\C/C=C\C/C=C\C/C=C\C/C=C\C/C=C\CCC(=O)O[C@H](COC(=O)CCC/C=C\C/C=C\C/C=C\C/C=C\CCCCC)COP(=O)(O)OC[C@H](O)COP(=O)(O)OC[C@@H](COC(=O)CCCCC/C=C\C/C=C\C/C=C\C/C=C\C/C=C\CC)OC(=O)CCCCC/C=C\C/C=C\C/C=C\C/C=C\C/C=C\CC. The van der Waals surface area contributed by atoms with Crippen molar-refractivity contribution in [3.8, 4) is 0 Å². The largest absolute Gasteiger partial charge is 0.472 e. The topological polar surface area (TPSA) is 237 Å². The Morgan fingerprint density at radius 1 is 0.254 bits per heavy atom. The van der Waals surface area contributed by atoms with E-state index in [4.69, 9.17) is 37.0 Å². The molecular weight excluding hydrogens is 1470 g/mol. The maximum Gasteiger partial charge on any atom is 0.472 e. The Morgan fingerprint density at radius 2 is 0.482 bits per heavy atom. The lowest BCUT2D eigenvalue weighted by Crippen LogP contribution is -2.30. The van der Waals surface area contributed by atoms with Crippen molar-refractivity contribution in [3.63, 3.8) is 0 Å². The molecule has 0 radical (unpaired) electrons. The first-order chi connectivity index (χ1) is 55.7. The van der Waals surface area contributed by atoms with E-state index in [9.17, 15) is 43.2 Å². The quantitative estimate of drug-likeness (QED) is 0.0169. The Hall–Kier alpha value is -7.14. The second-order valence-corrected chi connectivity index (χ2v) is 29.8. The molecule has 0 aromatic heterocycles. The van der Waals surface area contributed by atoms with E-state index in [0.717, 1.165) is 161 Å². The van der Waals surface area contributed by atoms with E-state index in [1.165, 1.54) is 19.3 Å². The van der Waals surface area contributed by atoms with E-state index >= 15 is 0 Å². The number of carbonyl (C=O) groups is 4. The van der Waals surface area contributed by atoms with Crippen LogP contribution in [-0.2, 0) is 65.4 Å². The number of hydrogen-bond donors (Lipinski definition) is 3. The van der Waals surface area contributed by atoms with Crippen molar-refractivity contribution in [2.75, 3.05) is 39.6 Å². The fourth-order valence-corrected chi connectivity index (χ4v) is 11.6. The molecule has 0 heterocycles. The zero-order valence-electron chi connectivity index (χ0n) is 69.9. The van der Waals surface area contributed by atoms with E-state index < -0.39 is 97.5 Å². The highest BCUT2D eigenvalue weighted by Crippen LogP contribution is 2.45. The minimum atomic E-state index is -5.03. The molecule has 0 saturated carbocycles. The number of ether oxygens (including phenoxy) is 4. The van der Waals surface area contributed by atoms with Crippen LogP contribution in [0.3, 0.4) is 0 Å². The Balaban J connectivity index is 5.62. The zero-order chi connectivity index (χ0) is 83.1. The molecule has 0 saturated heterocycles. The number of phosphoric ester groups is 2. The summed E-state index contributed by atoms with van der Waals surface area (Å²) in [6.45, 7) is 4.24. The van der Waals surface area contributed by atoms with Gasteiger partial charge in [-0.05, 0) is 193 Å². The third-order valence-corrected chi connectivity index (χ3v) is 18.2. The highest BCUT2D eigenvalue weighted by atomic mass is 31.2. The first-order valence-corrected chi connectivity index (χ1v) is 45.3. The molecular formula is C95H146O17P2. The van der Waals surface area contributed by atoms with Gasteiger partial charge in [-0.1, -0.05) is 296 Å². The van der Waals surface area contributed by atoms with Gasteiger partial charge in [0.05, 0.1) is 26.4 Å². The molecule has 0 bridgehead atoms. The van der Waals surface area contributed by atoms with E-state index in [1.54, 1.807) is 0 Å². The third kappa shape index (κ3) is 82.8. The lowest BCUT2D eigenvalue weighted by Gasteiger charge is -2.21. The Morgan fingerprint density at radius 3 is 0.772 bits per heavy atom. The smallest absolute Gasteiger partial charge is 0.462 e. The van der Waals surface area contributed by atoms with Crippen LogP contribution in [0.25, 0.3) is 0 Å². The number of aliphatic hydroxyl groups is 1. The van der Waals surface area contributed by atoms with E-state index in [0.29, 0.717) is 38.5 Å². The van der Waals surface area contributed by atoms with Gasteiger partial charge < -0.3 is 33.8 Å². The number of phosphoric acid groups is 2. The van der Waals surface area contributed by atoms with Crippen molar-refractivity contribution in [1.82, 2.24) is 0 Å². The normalized spacial score (nSPS) is 15.0. The highest BCUT2D eigenvalue weighted by Gasteiger charge is 2.30. The summed E-state index contributed by atoms with van der Waals surface area (Å²) in [4.78, 5) is 73.2. The average Bonchev–Trinajstić information content (AvgIpc) is 0.904. The summed E-state index contributed by atoms with van der Waals surface area (Å²) >= 11 is 0. The summed E-state index contributed by atoms with van der Waals surface area (Å²) in [5.41, 5.74) is 0. The molecule has 0 amide bonds. The van der Waals surface area contributed by atoms with Gasteiger partial charge in [-0.2, -0.15) is 0 Å². The number of carbonyl (C=O) groups excluding carboxylic acids is 4. The molecule has 114 heavy (non-hydrogen) atoms. The molecule has 0 aliphatic carbocycles. The molecule has 19 heteroatoms. The minimum absolute atomic E-state index is 0.0329. The molecule has 0 fully saturated rings. The van der Waals surface area contributed by atoms with Gasteiger partial charge in [0.15, 0.2) is 12.2 Å².